The van der Waals surface area contributed by atoms with Crippen LogP contribution in [-0.2, 0) is 14.3 Å². The second-order valence-electron chi connectivity index (χ2n) is 7.28. The molecule has 1 fully saturated rings. The summed E-state index contributed by atoms with van der Waals surface area (Å²) < 4.78 is 4.98. The fraction of sp³-hybridized carbons (Fsp3) is 0.600. The molecule has 2 rings (SSSR count). The summed E-state index contributed by atoms with van der Waals surface area (Å²) in [5, 5.41) is 28.6. The van der Waals surface area contributed by atoms with Gasteiger partial charge in [0.05, 0.1) is 24.1 Å². The molecule has 2 aliphatic heterocycles. The highest BCUT2D eigenvalue weighted by Crippen LogP contribution is 2.52. The molecule has 2 amide bonds. The van der Waals surface area contributed by atoms with E-state index in [2.05, 4.69) is 6.58 Å². The molecule has 4 atom stereocenters. The number of β-lactam (4-membered cyclic amide) rings is 1. The van der Waals surface area contributed by atoms with Gasteiger partial charge < -0.3 is 24.7 Å². The Balaban J connectivity index is 2.16. The van der Waals surface area contributed by atoms with E-state index in [1.807, 2.05) is 6.07 Å². The molecule has 0 aromatic carbocycles. The summed E-state index contributed by atoms with van der Waals surface area (Å²) in [4.78, 5) is 39.6. The van der Waals surface area contributed by atoms with E-state index >= 15 is 0 Å². The number of carboxylic acid groups (broad SMARTS) is 1. The lowest BCUT2D eigenvalue weighted by Gasteiger charge is -2.47. The number of nitriles is 1. The molecule has 0 radical (unpaired) electrons. The van der Waals surface area contributed by atoms with Gasteiger partial charge in [-0.2, -0.15) is 5.26 Å². The van der Waals surface area contributed by atoms with Gasteiger partial charge in [-0.05, 0) is 19.8 Å². The van der Waals surface area contributed by atoms with Crippen molar-refractivity contribution in [3.05, 3.63) is 23.3 Å². The molecule has 9 nitrogen and oxygen atoms in total. The van der Waals surface area contributed by atoms with Gasteiger partial charge in [0.1, 0.15) is 12.3 Å². The zero-order valence-corrected chi connectivity index (χ0v) is 17.9. The summed E-state index contributed by atoms with van der Waals surface area (Å²) in [6.45, 7) is 5.53. The fourth-order valence-electron chi connectivity index (χ4n) is 3.94. The molecule has 2 N–H and O–H groups in total. The van der Waals surface area contributed by atoms with E-state index in [0.717, 1.165) is 0 Å². The Morgan fingerprint density at radius 2 is 2.20 bits per heavy atom. The second kappa shape index (κ2) is 10.5. The minimum absolute atomic E-state index is 0.0476. The standard InChI is InChI=1S/C20H27N3O6S/c1-4-10-29-20(28)22(3)9-5-7-13-15-14(12(2)24)18(25)23(15)16(19(26)27)17(13)30-11-6-8-21/h4,12-15,24H,1,5-7,9-11H2,2-3H3,(H,26,27)/t12-,13-,14-,15-/m1/s1. The topological polar surface area (TPSA) is 131 Å². The van der Waals surface area contributed by atoms with E-state index in [9.17, 15) is 24.6 Å². The molecular formula is C20H27N3O6S. The molecule has 10 heteroatoms. The molecule has 0 unspecified atom stereocenters. The predicted molar refractivity (Wildman–Crippen MR) is 110 cm³/mol. The molecule has 30 heavy (non-hydrogen) atoms. The molecule has 0 bridgehead atoms. The molecule has 0 spiro atoms. The van der Waals surface area contributed by atoms with Gasteiger partial charge in [0.25, 0.3) is 0 Å². The first-order valence-corrected chi connectivity index (χ1v) is 10.7. The van der Waals surface area contributed by atoms with Gasteiger partial charge >= 0.3 is 12.1 Å². The van der Waals surface area contributed by atoms with Gasteiger partial charge in [0.2, 0.25) is 5.91 Å². The first kappa shape index (κ1) is 23.8. The lowest BCUT2D eigenvalue weighted by atomic mass is 9.77. The third-order valence-corrected chi connectivity index (χ3v) is 6.47. The number of aliphatic carboxylic acids is 1. The zero-order valence-electron chi connectivity index (χ0n) is 17.1. The average molecular weight is 438 g/mol. The minimum Gasteiger partial charge on any atom is -0.477 e. The molecule has 0 saturated carbocycles. The van der Waals surface area contributed by atoms with Gasteiger partial charge in [-0.3, -0.25) is 4.79 Å². The average Bonchev–Trinajstić information content (AvgIpc) is 2.96. The number of hydrogen-bond acceptors (Lipinski definition) is 7. The summed E-state index contributed by atoms with van der Waals surface area (Å²) >= 11 is 1.28. The first-order chi connectivity index (χ1) is 14.3. The summed E-state index contributed by atoms with van der Waals surface area (Å²) in [6, 6.07) is 1.61. The highest BCUT2D eigenvalue weighted by Gasteiger charge is 2.60. The van der Waals surface area contributed by atoms with E-state index in [1.54, 1.807) is 7.05 Å². The second-order valence-corrected chi connectivity index (χ2v) is 8.41. The molecule has 0 aromatic rings. The Morgan fingerprint density at radius 1 is 1.50 bits per heavy atom. The van der Waals surface area contributed by atoms with Crippen molar-refractivity contribution in [1.29, 1.82) is 5.26 Å². The number of carbonyl (C=O) groups is 3. The summed E-state index contributed by atoms with van der Waals surface area (Å²) in [5.41, 5.74) is -0.0476. The Hall–Kier alpha value is -2.51. The summed E-state index contributed by atoms with van der Waals surface area (Å²) in [6.07, 6.45) is 1.45. The third-order valence-electron chi connectivity index (χ3n) is 5.25. The van der Waals surface area contributed by atoms with E-state index in [0.29, 0.717) is 30.0 Å². The van der Waals surface area contributed by atoms with Gasteiger partial charge in [0.15, 0.2) is 0 Å². The number of thioether (sulfide) groups is 1. The molecule has 1 saturated heterocycles. The number of carbonyl (C=O) groups excluding carboxylic acids is 2. The van der Waals surface area contributed by atoms with Crippen LogP contribution in [0.1, 0.15) is 26.2 Å². The molecule has 2 heterocycles. The first-order valence-electron chi connectivity index (χ1n) is 9.73. The number of ether oxygens (including phenoxy) is 1. The lowest BCUT2D eigenvalue weighted by molar-refractivity contribution is -0.163. The maximum atomic E-state index is 12.5. The van der Waals surface area contributed by atoms with Crippen molar-refractivity contribution in [2.24, 2.45) is 11.8 Å². The van der Waals surface area contributed by atoms with Crippen molar-refractivity contribution >= 4 is 29.7 Å². The minimum atomic E-state index is -1.19. The van der Waals surface area contributed by atoms with Crippen molar-refractivity contribution in [3.8, 4) is 6.07 Å². The van der Waals surface area contributed by atoms with E-state index in [-0.39, 0.29) is 24.6 Å². The molecule has 164 valence electrons. The van der Waals surface area contributed by atoms with Crippen LogP contribution in [0, 0.1) is 23.2 Å². The number of nitrogens with zero attached hydrogens (tertiary/aromatic N) is 3. The predicted octanol–water partition coefficient (Wildman–Crippen LogP) is 1.80. The van der Waals surface area contributed by atoms with Crippen LogP contribution in [0.2, 0.25) is 0 Å². The lowest BCUT2D eigenvalue weighted by Crippen LogP contribution is -2.63. The van der Waals surface area contributed by atoms with Gasteiger partial charge in [0, 0.05) is 36.6 Å². The van der Waals surface area contributed by atoms with Crippen LogP contribution >= 0.6 is 11.8 Å². The molecule has 0 aromatic heterocycles. The normalized spacial score (nSPS) is 23.3. The Labute approximate surface area is 180 Å². The molecule has 0 aliphatic carbocycles. The zero-order chi connectivity index (χ0) is 22.4. The SMILES string of the molecule is C=CCOC(=O)N(C)CCC[C@H]1C(SCCC#N)=C(C(=O)O)N2C(=O)[C@H]([C@@H](C)O)[C@@H]12. The van der Waals surface area contributed by atoms with Crippen molar-refractivity contribution in [2.45, 2.75) is 38.3 Å². The quantitative estimate of drug-likeness (QED) is 0.284. The van der Waals surface area contributed by atoms with Gasteiger partial charge in [-0.25, -0.2) is 9.59 Å². The fourth-order valence-corrected chi connectivity index (χ4v) is 5.14. The Kier molecular flexibility index (Phi) is 8.32. The Morgan fingerprint density at radius 3 is 2.77 bits per heavy atom. The highest BCUT2D eigenvalue weighted by molar-refractivity contribution is 8.03. The smallest absolute Gasteiger partial charge is 0.409 e. The van der Waals surface area contributed by atoms with Gasteiger partial charge in [-0.1, -0.05) is 12.7 Å². The van der Waals surface area contributed by atoms with Crippen LogP contribution in [-0.4, -0.2) is 76.1 Å². The maximum Gasteiger partial charge on any atom is 0.409 e. The summed E-state index contributed by atoms with van der Waals surface area (Å²) in [5.74, 6) is -2.09. The number of fused-ring (bicyclic) bond motifs is 1. The number of aliphatic hydroxyl groups excluding tert-OH is 1. The van der Waals surface area contributed by atoms with Crippen LogP contribution in [0.4, 0.5) is 4.79 Å². The molecule has 2 aliphatic rings. The number of aliphatic hydroxyl groups is 1. The highest BCUT2D eigenvalue weighted by atomic mass is 32.2. The number of rotatable bonds is 11. The van der Waals surface area contributed by atoms with E-state index < -0.39 is 36.0 Å². The van der Waals surface area contributed by atoms with Crippen LogP contribution in [0.25, 0.3) is 0 Å². The van der Waals surface area contributed by atoms with E-state index in [4.69, 9.17) is 10.00 Å². The Bertz CT molecular complexity index is 775. The number of carboxylic acids is 1. The largest absolute Gasteiger partial charge is 0.477 e. The van der Waals surface area contributed by atoms with Crippen LogP contribution in [0.3, 0.4) is 0 Å². The van der Waals surface area contributed by atoms with Gasteiger partial charge in [-0.15, -0.1) is 11.8 Å². The van der Waals surface area contributed by atoms with Crippen molar-refractivity contribution in [3.63, 3.8) is 0 Å². The van der Waals surface area contributed by atoms with Crippen molar-refractivity contribution in [2.75, 3.05) is 26.0 Å². The maximum absolute atomic E-state index is 12.5. The number of amides is 2. The number of hydrogen-bond donors (Lipinski definition) is 2. The molecular weight excluding hydrogens is 410 g/mol. The monoisotopic (exact) mass is 437 g/mol. The van der Waals surface area contributed by atoms with Crippen LogP contribution in [0.15, 0.2) is 23.3 Å². The van der Waals surface area contributed by atoms with E-state index in [1.165, 1.54) is 34.6 Å². The van der Waals surface area contributed by atoms with Crippen LogP contribution in [0.5, 0.6) is 0 Å². The van der Waals surface area contributed by atoms with Crippen molar-refractivity contribution in [1.82, 2.24) is 9.80 Å². The van der Waals surface area contributed by atoms with Crippen molar-refractivity contribution < 1.29 is 29.3 Å². The third kappa shape index (κ3) is 4.79. The summed E-state index contributed by atoms with van der Waals surface area (Å²) in [7, 11) is 1.61. The van der Waals surface area contributed by atoms with Crippen LogP contribution < -0.4 is 0 Å².